The van der Waals surface area contributed by atoms with Crippen molar-refractivity contribution in [1.29, 1.82) is 0 Å². The van der Waals surface area contributed by atoms with E-state index < -0.39 is 0 Å². The number of rotatable bonds is 6. The average molecular weight is 278 g/mol. The maximum atomic E-state index is 5.54. The molecule has 0 radical (unpaired) electrons. The lowest BCUT2D eigenvalue weighted by molar-refractivity contribution is 0.115. The van der Waals surface area contributed by atoms with Crippen molar-refractivity contribution in [3.63, 3.8) is 0 Å². The predicted octanol–water partition coefficient (Wildman–Crippen LogP) is 3.20. The van der Waals surface area contributed by atoms with Gasteiger partial charge in [-0.05, 0) is 40.8 Å². The van der Waals surface area contributed by atoms with Crippen molar-refractivity contribution in [2.75, 3.05) is 20.3 Å². The number of ether oxygens (including phenoxy) is 1. The van der Waals surface area contributed by atoms with Gasteiger partial charge in [-0.1, -0.05) is 6.92 Å². The van der Waals surface area contributed by atoms with E-state index in [1.54, 1.807) is 11.3 Å². The van der Waals surface area contributed by atoms with E-state index in [1.165, 1.54) is 9.35 Å². The molecule has 1 aromatic heterocycles. The van der Waals surface area contributed by atoms with Crippen LogP contribution in [-0.2, 0) is 4.74 Å². The molecule has 1 unspecified atom stereocenters. The van der Waals surface area contributed by atoms with Gasteiger partial charge in [-0.3, -0.25) is 0 Å². The number of likely N-dealkylation sites (N-methyl/N-ethyl adjacent to an activating group) is 1. The molecule has 0 fully saturated rings. The second kappa shape index (κ2) is 6.56. The summed E-state index contributed by atoms with van der Waals surface area (Å²) in [5, 5.41) is 5.35. The van der Waals surface area contributed by atoms with Crippen LogP contribution < -0.4 is 5.32 Å². The van der Waals surface area contributed by atoms with E-state index in [2.05, 4.69) is 39.6 Å². The number of thiophene rings is 1. The standard InChI is InChI=1S/C10H16BrNOS/c1-3-5-13-7-9(12-2)10-8(11)4-6-14-10/h4,6,9,12H,3,5,7H2,1-2H3. The summed E-state index contributed by atoms with van der Waals surface area (Å²) in [6.45, 7) is 3.69. The average Bonchev–Trinajstić information content (AvgIpc) is 2.60. The van der Waals surface area contributed by atoms with Gasteiger partial charge in [0, 0.05) is 16.0 Å². The summed E-state index contributed by atoms with van der Waals surface area (Å²) in [5.41, 5.74) is 0. The second-order valence-corrected chi connectivity index (χ2v) is 4.85. The first-order chi connectivity index (χ1) is 6.79. The molecule has 0 amide bonds. The Kier molecular flexibility index (Phi) is 5.70. The Morgan fingerprint density at radius 1 is 1.64 bits per heavy atom. The smallest absolute Gasteiger partial charge is 0.0669 e. The molecule has 0 aromatic carbocycles. The third-order valence-corrected chi connectivity index (χ3v) is 3.93. The fourth-order valence-electron chi connectivity index (χ4n) is 1.19. The highest BCUT2D eigenvalue weighted by molar-refractivity contribution is 9.10. The third-order valence-electron chi connectivity index (χ3n) is 1.94. The maximum Gasteiger partial charge on any atom is 0.0669 e. The first-order valence-electron chi connectivity index (χ1n) is 4.77. The molecule has 1 aromatic rings. The molecule has 1 heterocycles. The van der Waals surface area contributed by atoms with Crippen LogP contribution >= 0.6 is 27.3 Å². The van der Waals surface area contributed by atoms with E-state index in [1.807, 2.05) is 7.05 Å². The minimum absolute atomic E-state index is 0.302. The van der Waals surface area contributed by atoms with Gasteiger partial charge in [0.25, 0.3) is 0 Å². The van der Waals surface area contributed by atoms with E-state index in [-0.39, 0.29) is 0 Å². The summed E-state index contributed by atoms with van der Waals surface area (Å²) < 4.78 is 6.71. The van der Waals surface area contributed by atoms with Crippen LogP contribution in [0.1, 0.15) is 24.3 Å². The number of hydrogen-bond donors (Lipinski definition) is 1. The lowest BCUT2D eigenvalue weighted by atomic mass is 10.2. The first kappa shape index (κ1) is 12.2. The van der Waals surface area contributed by atoms with Crippen LogP contribution in [0.3, 0.4) is 0 Å². The van der Waals surface area contributed by atoms with Gasteiger partial charge in [-0.15, -0.1) is 11.3 Å². The Labute approximate surface area is 97.8 Å². The van der Waals surface area contributed by atoms with Crippen molar-refractivity contribution >= 4 is 27.3 Å². The Morgan fingerprint density at radius 2 is 2.43 bits per heavy atom. The van der Waals surface area contributed by atoms with Crippen molar-refractivity contribution in [1.82, 2.24) is 5.32 Å². The minimum atomic E-state index is 0.302. The Morgan fingerprint density at radius 3 is 2.93 bits per heavy atom. The molecular weight excluding hydrogens is 262 g/mol. The minimum Gasteiger partial charge on any atom is -0.379 e. The van der Waals surface area contributed by atoms with Gasteiger partial charge in [0.05, 0.1) is 12.6 Å². The second-order valence-electron chi connectivity index (χ2n) is 3.05. The van der Waals surface area contributed by atoms with E-state index in [0.717, 1.165) is 19.6 Å². The highest BCUT2D eigenvalue weighted by Crippen LogP contribution is 2.28. The first-order valence-corrected chi connectivity index (χ1v) is 6.44. The number of hydrogen-bond acceptors (Lipinski definition) is 3. The van der Waals surface area contributed by atoms with Crippen LogP contribution in [0.15, 0.2) is 15.9 Å². The monoisotopic (exact) mass is 277 g/mol. The van der Waals surface area contributed by atoms with Crippen LogP contribution in [0.5, 0.6) is 0 Å². The van der Waals surface area contributed by atoms with Crippen molar-refractivity contribution in [3.8, 4) is 0 Å². The molecule has 0 aliphatic heterocycles. The van der Waals surface area contributed by atoms with Crippen LogP contribution in [0, 0.1) is 0 Å². The van der Waals surface area contributed by atoms with Crippen molar-refractivity contribution in [2.45, 2.75) is 19.4 Å². The van der Waals surface area contributed by atoms with Gasteiger partial charge in [-0.25, -0.2) is 0 Å². The van der Waals surface area contributed by atoms with E-state index in [4.69, 9.17) is 4.74 Å². The molecule has 1 rings (SSSR count). The van der Waals surface area contributed by atoms with Gasteiger partial charge in [0.15, 0.2) is 0 Å². The molecule has 0 spiro atoms. The van der Waals surface area contributed by atoms with Gasteiger partial charge in [0.2, 0.25) is 0 Å². The van der Waals surface area contributed by atoms with Gasteiger partial charge in [-0.2, -0.15) is 0 Å². The quantitative estimate of drug-likeness (QED) is 0.807. The molecule has 2 nitrogen and oxygen atoms in total. The highest BCUT2D eigenvalue weighted by atomic mass is 79.9. The van der Waals surface area contributed by atoms with Crippen molar-refractivity contribution in [2.24, 2.45) is 0 Å². The maximum absolute atomic E-state index is 5.54. The predicted molar refractivity (Wildman–Crippen MR) is 64.9 cm³/mol. The molecule has 14 heavy (non-hydrogen) atoms. The Hall–Kier alpha value is 0.100. The summed E-state index contributed by atoms with van der Waals surface area (Å²) >= 11 is 5.28. The fraction of sp³-hybridized carbons (Fsp3) is 0.600. The van der Waals surface area contributed by atoms with Crippen LogP contribution in [-0.4, -0.2) is 20.3 Å². The van der Waals surface area contributed by atoms with Crippen molar-refractivity contribution in [3.05, 3.63) is 20.8 Å². The molecular formula is C10H16BrNOS. The van der Waals surface area contributed by atoms with E-state index in [9.17, 15) is 0 Å². The zero-order valence-corrected chi connectivity index (χ0v) is 11.0. The number of nitrogens with one attached hydrogen (secondary N) is 1. The molecule has 1 N–H and O–H groups in total. The molecule has 0 bridgehead atoms. The zero-order chi connectivity index (χ0) is 10.4. The van der Waals surface area contributed by atoms with Crippen LogP contribution in [0.25, 0.3) is 0 Å². The molecule has 4 heteroatoms. The molecule has 1 atom stereocenters. The summed E-state index contributed by atoms with van der Waals surface area (Å²) in [7, 11) is 1.96. The fourth-order valence-corrected chi connectivity index (χ4v) is 2.94. The number of halogens is 1. The third kappa shape index (κ3) is 3.35. The normalized spacial score (nSPS) is 13.1. The SMILES string of the molecule is CCCOCC(NC)c1sccc1Br. The molecule has 0 aliphatic carbocycles. The van der Waals surface area contributed by atoms with Gasteiger partial charge in [0.1, 0.15) is 0 Å². The summed E-state index contributed by atoms with van der Waals surface area (Å²) in [6.07, 6.45) is 1.07. The molecule has 0 aliphatic rings. The molecule has 0 saturated carbocycles. The van der Waals surface area contributed by atoms with Crippen LogP contribution in [0.2, 0.25) is 0 Å². The molecule has 0 saturated heterocycles. The van der Waals surface area contributed by atoms with E-state index >= 15 is 0 Å². The Balaban J connectivity index is 2.50. The summed E-state index contributed by atoms with van der Waals surface area (Å²) in [4.78, 5) is 1.31. The largest absolute Gasteiger partial charge is 0.379 e. The van der Waals surface area contributed by atoms with Gasteiger partial charge < -0.3 is 10.1 Å². The lowest BCUT2D eigenvalue weighted by Gasteiger charge is -2.15. The van der Waals surface area contributed by atoms with Gasteiger partial charge >= 0.3 is 0 Å². The van der Waals surface area contributed by atoms with Crippen molar-refractivity contribution < 1.29 is 4.74 Å². The summed E-state index contributed by atoms with van der Waals surface area (Å²) in [6, 6.07) is 2.38. The highest BCUT2D eigenvalue weighted by Gasteiger charge is 2.13. The summed E-state index contributed by atoms with van der Waals surface area (Å²) in [5.74, 6) is 0. The zero-order valence-electron chi connectivity index (χ0n) is 8.55. The topological polar surface area (TPSA) is 21.3 Å². The lowest BCUT2D eigenvalue weighted by Crippen LogP contribution is -2.21. The van der Waals surface area contributed by atoms with Crippen LogP contribution in [0.4, 0.5) is 0 Å². The van der Waals surface area contributed by atoms with E-state index in [0.29, 0.717) is 6.04 Å². The Bertz CT molecular complexity index is 264. The molecule has 80 valence electrons.